The Hall–Kier alpha value is -1.76. The third-order valence-corrected chi connectivity index (χ3v) is 2.75. The Morgan fingerprint density at radius 3 is 2.62 bits per heavy atom. The molecule has 0 saturated carbocycles. The molecule has 0 bridgehead atoms. The van der Waals surface area contributed by atoms with Crippen molar-refractivity contribution in [3.8, 4) is 0 Å². The minimum atomic E-state index is -0.180. The molecule has 0 aliphatic rings. The fourth-order valence-corrected chi connectivity index (χ4v) is 2.13. The first kappa shape index (κ1) is 10.7. The summed E-state index contributed by atoms with van der Waals surface area (Å²) in [4.78, 5) is 25.1. The summed E-state index contributed by atoms with van der Waals surface area (Å²) >= 11 is 1.23. The van der Waals surface area contributed by atoms with Crippen molar-refractivity contribution in [3.05, 3.63) is 27.9 Å². The summed E-state index contributed by atoms with van der Waals surface area (Å²) in [6.45, 7) is 3.57. The second-order valence-corrected chi connectivity index (χ2v) is 4.31. The predicted molar refractivity (Wildman–Crippen MR) is 61.5 cm³/mol. The van der Waals surface area contributed by atoms with Crippen molar-refractivity contribution in [2.75, 3.05) is 5.73 Å². The highest BCUT2D eigenvalue weighted by atomic mass is 32.2. The summed E-state index contributed by atoms with van der Waals surface area (Å²) in [6, 6.07) is 1.43. The Bertz CT molecular complexity index is 574. The van der Waals surface area contributed by atoms with E-state index in [2.05, 4.69) is 19.9 Å². The lowest BCUT2D eigenvalue weighted by Crippen LogP contribution is -2.08. The number of nitrogen functional groups attached to an aromatic ring is 1. The van der Waals surface area contributed by atoms with Crippen molar-refractivity contribution < 1.29 is 0 Å². The smallest absolute Gasteiger partial charge is 0.251 e. The van der Waals surface area contributed by atoms with E-state index in [4.69, 9.17) is 5.73 Å². The number of aryl methyl sites for hydroxylation is 2. The maximum absolute atomic E-state index is 11.2. The lowest BCUT2D eigenvalue weighted by Gasteiger charge is -1.98. The fraction of sp³-hybridized carbons (Fsp3) is 0.222. The Kier molecular flexibility index (Phi) is 2.69. The minimum absolute atomic E-state index is 0.180. The standard InChI is InChI=1S/C9H11N5OS/c1-4-3-6(15)14-9(11-4)16-8-7(10)12-5(2)13-8/h3H,10H2,1-2H3,(H,12,13)(H,11,14,15). The molecule has 2 heterocycles. The monoisotopic (exact) mass is 237 g/mol. The van der Waals surface area contributed by atoms with Crippen LogP contribution in [0.1, 0.15) is 11.5 Å². The van der Waals surface area contributed by atoms with Gasteiger partial charge in [-0.1, -0.05) is 0 Å². The predicted octanol–water partition coefficient (Wildman–Crippen LogP) is 0.843. The highest BCUT2D eigenvalue weighted by molar-refractivity contribution is 7.99. The molecule has 0 fully saturated rings. The number of aromatic amines is 2. The van der Waals surface area contributed by atoms with Gasteiger partial charge in [0.05, 0.1) is 0 Å². The molecule has 84 valence electrons. The van der Waals surface area contributed by atoms with Crippen molar-refractivity contribution in [2.24, 2.45) is 0 Å². The molecule has 0 unspecified atom stereocenters. The largest absolute Gasteiger partial charge is 0.383 e. The molecule has 0 aromatic carbocycles. The first-order valence-corrected chi connectivity index (χ1v) is 5.44. The molecule has 0 spiro atoms. The number of rotatable bonds is 2. The number of aromatic nitrogens is 4. The number of anilines is 1. The Balaban J connectivity index is 2.33. The van der Waals surface area contributed by atoms with E-state index in [0.29, 0.717) is 21.7 Å². The van der Waals surface area contributed by atoms with Crippen molar-refractivity contribution >= 4 is 17.6 Å². The number of nitrogens with two attached hydrogens (primary N) is 1. The second kappa shape index (κ2) is 4.01. The van der Waals surface area contributed by atoms with Crippen molar-refractivity contribution in [2.45, 2.75) is 24.0 Å². The van der Waals surface area contributed by atoms with Crippen molar-refractivity contribution in [1.29, 1.82) is 0 Å². The lowest BCUT2D eigenvalue weighted by atomic mass is 10.5. The van der Waals surface area contributed by atoms with E-state index in [1.165, 1.54) is 17.8 Å². The van der Waals surface area contributed by atoms with Crippen LogP contribution >= 0.6 is 11.8 Å². The van der Waals surface area contributed by atoms with Gasteiger partial charge in [-0.05, 0) is 25.6 Å². The summed E-state index contributed by atoms with van der Waals surface area (Å²) < 4.78 is 0. The number of nitrogens with one attached hydrogen (secondary N) is 2. The number of hydrogen-bond donors (Lipinski definition) is 3. The maximum Gasteiger partial charge on any atom is 0.251 e. The SMILES string of the molecule is Cc1cc(=O)[nH]c(Sc2nc(C)[nH]c2N)n1. The normalized spacial score (nSPS) is 10.6. The van der Waals surface area contributed by atoms with Gasteiger partial charge in [0.1, 0.15) is 16.7 Å². The van der Waals surface area contributed by atoms with Gasteiger partial charge < -0.3 is 15.7 Å². The highest BCUT2D eigenvalue weighted by Crippen LogP contribution is 2.26. The van der Waals surface area contributed by atoms with Gasteiger partial charge in [-0.15, -0.1) is 0 Å². The van der Waals surface area contributed by atoms with Crippen LogP contribution in [0.4, 0.5) is 5.82 Å². The average Bonchev–Trinajstić information content (AvgIpc) is 2.43. The van der Waals surface area contributed by atoms with Gasteiger partial charge in [0, 0.05) is 11.8 Å². The van der Waals surface area contributed by atoms with E-state index in [0.717, 1.165) is 5.82 Å². The Morgan fingerprint density at radius 1 is 1.31 bits per heavy atom. The van der Waals surface area contributed by atoms with Gasteiger partial charge >= 0.3 is 0 Å². The van der Waals surface area contributed by atoms with Crippen molar-refractivity contribution in [3.63, 3.8) is 0 Å². The molecule has 7 heteroatoms. The van der Waals surface area contributed by atoms with Gasteiger partial charge in [-0.25, -0.2) is 9.97 Å². The topological polar surface area (TPSA) is 100 Å². The van der Waals surface area contributed by atoms with E-state index >= 15 is 0 Å². The number of H-pyrrole nitrogens is 2. The van der Waals surface area contributed by atoms with Crippen LogP contribution in [-0.2, 0) is 0 Å². The fourth-order valence-electron chi connectivity index (χ4n) is 1.26. The summed E-state index contributed by atoms with van der Waals surface area (Å²) in [5.74, 6) is 1.21. The zero-order valence-corrected chi connectivity index (χ0v) is 9.68. The third-order valence-electron chi connectivity index (χ3n) is 1.86. The van der Waals surface area contributed by atoms with Crippen LogP contribution in [-0.4, -0.2) is 19.9 Å². The number of hydrogen-bond acceptors (Lipinski definition) is 5. The first-order chi connectivity index (χ1) is 7.54. The van der Waals surface area contributed by atoms with Gasteiger partial charge in [-0.2, -0.15) is 0 Å². The van der Waals surface area contributed by atoms with E-state index in [9.17, 15) is 4.79 Å². The van der Waals surface area contributed by atoms with Gasteiger partial charge in [-0.3, -0.25) is 4.79 Å². The maximum atomic E-state index is 11.2. The van der Waals surface area contributed by atoms with Crippen LogP contribution in [0.15, 0.2) is 21.0 Å². The summed E-state index contributed by atoms with van der Waals surface area (Å²) in [5.41, 5.74) is 6.19. The molecule has 0 radical (unpaired) electrons. The molecule has 0 aliphatic heterocycles. The van der Waals surface area contributed by atoms with Crippen LogP contribution in [0.3, 0.4) is 0 Å². The first-order valence-electron chi connectivity index (χ1n) is 4.62. The molecule has 6 nitrogen and oxygen atoms in total. The third kappa shape index (κ3) is 2.25. The van der Waals surface area contributed by atoms with E-state index < -0.39 is 0 Å². The Morgan fingerprint density at radius 2 is 2.06 bits per heavy atom. The van der Waals surface area contributed by atoms with Crippen molar-refractivity contribution in [1.82, 2.24) is 19.9 Å². The molecule has 16 heavy (non-hydrogen) atoms. The van der Waals surface area contributed by atoms with Crippen LogP contribution in [0, 0.1) is 13.8 Å². The molecule has 0 aliphatic carbocycles. The van der Waals surface area contributed by atoms with Crippen LogP contribution < -0.4 is 11.3 Å². The van der Waals surface area contributed by atoms with Crippen LogP contribution in [0.25, 0.3) is 0 Å². The van der Waals surface area contributed by atoms with E-state index in [1.54, 1.807) is 6.92 Å². The molecule has 0 saturated heterocycles. The summed E-state index contributed by atoms with van der Waals surface area (Å²) in [7, 11) is 0. The van der Waals surface area contributed by atoms with Gasteiger partial charge in [0.2, 0.25) is 0 Å². The summed E-state index contributed by atoms with van der Waals surface area (Å²) in [6.07, 6.45) is 0. The molecule has 4 N–H and O–H groups in total. The van der Waals surface area contributed by atoms with E-state index in [1.807, 2.05) is 6.92 Å². The number of nitrogens with zero attached hydrogens (tertiary/aromatic N) is 2. The second-order valence-electron chi connectivity index (χ2n) is 3.34. The highest BCUT2D eigenvalue weighted by Gasteiger charge is 2.08. The molecule has 0 atom stereocenters. The lowest BCUT2D eigenvalue weighted by molar-refractivity contribution is 0.903. The molecular formula is C9H11N5OS. The van der Waals surface area contributed by atoms with Crippen LogP contribution in [0.5, 0.6) is 0 Å². The quantitative estimate of drug-likeness (QED) is 0.672. The molecule has 2 aromatic rings. The number of imidazole rings is 1. The van der Waals surface area contributed by atoms with Crippen LogP contribution in [0.2, 0.25) is 0 Å². The Labute approximate surface area is 95.7 Å². The molecular weight excluding hydrogens is 226 g/mol. The minimum Gasteiger partial charge on any atom is -0.383 e. The summed E-state index contributed by atoms with van der Waals surface area (Å²) in [5, 5.41) is 1.11. The van der Waals surface area contributed by atoms with E-state index in [-0.39, 0.29) is 5.56 Å². The van der Waals surface area contributed by atoms with Gasteiger partial charge in [0.15, 0.2) is 5.16 Å². The zero-order chi connectivity index (χ0) is 11.7. The molecule has 2 aromatic heterocycles. The molecule has 0 amide bonds. The average molecular weight is 237 g/mol. The van der Waals surface area contributed by atoms with Gasteiger partial charge in [0.25, 0.3) is 5.56 Å². The molecule has 2 rings (SSSR count). The zero-order valence-electron chi connectivity index (χ0n) is 8.87.